The van der Waals surface area contributed by atoms with Gasteiger partial charge in [-0.05, 0) is 41.7 Å². The van der Waals surface area contributed by atoms with Gasteiger partial charge in [0.25, 0.3) is 0 Å². The molecule has 16 heavy (non-hydrogen) atoms. The summed E-state index contributed by atoms with van der Waals surface area (Å²) in [5, 5.41) is 0. The minimum Gasteiger partial charge on any atom is -0.298 e. The maximum absolute atomic E-state index is 11.0. The van der Waals surface area contributed by atoms with Crippen molar-refractivity contribution in [1.82, 2.24) is 0 Å². The number of aldehydes is 1. The number of benzene rings is 1. The highest BCUT2D eigenvalue weighted by Crippen LogP contribution is 2.35. The third-order valence-electron chi connectivity index (χ3n) is 3.52. The van der Waals surface area contributed by atoms with Gasteiger partial charge in [0.1, 0.15) is 6.29 Å². The Bertz CT molecular complexity index is 356. The maximum atomic E-state index is 11.0. The Hall–Kier alpha value is -0.760. The molecule has 1 aromatic carbocycles. The molecule has 2 rings (SSSR count). The van der Waals surface area contributed by atoms with Gasteiger partial charge in [-0.2, -0.15) is 11.8 Å². The average molecular weight is 234 g/mol. The summed E-state index contributed by atoms with van der Waals surface area (Å²) in [6, 6.07) is 8.01. The Morgan fingerprint density at radius 2 is 2.25 bits per heavy atom. The number of carbonyl (C=O) groups excluding carboxylic acids is 1. The Balaban J connectivity index is 2.18. The number of carbonyl (C=O) groups is 1. The Labute approximate surface area is 102 Å². The molecule has 1 saturated heterocycles. The fraction of sp³-hybridized carbons (Fsp3) is 0.500. The van der Waals surface area contributed by atoms with Gasteiger partial charge in [-0.1, -0.05) is 31.2 Å². The molecule has 2 unspecified atom stereocenters. The normalized spacial score (nSPS) is 22.7. The van der Waals surface area contributed by atoms with Crippen LogP contribution >= 0.6 is 11.8 Å². The molecule has 86 valence electrons. The fourth-order valence-corrected chi connectivity index (χ4v) is 3.74. The Morgan fingerprint density at radius 3 is 2.94 bits per heavy atom. The monoisotopic (exact) mass is 234 g/mol. The summed E-state index contributed by atoms with van der Waals surface area (Å²) in [5.74, 6) is 3.79. The highest BCUT2D eigenvalue weighted by Gasteiger charge is 2.22. The number of thioether (sulfide) groups is 1. The third-order valence-corrected chi connectivity index (χ3v) is 4.76. The minimum absolute atomic E-state index is 0.509. The van der Waals surface area contributed by atoms with E-state index in [1.54, 1.807) is 0 Å². The predicted molar refractivity (Wildman–Crippen MR) is 70.3 cm³/mol. The lowest BCUT2D eigenvalue weighted by Gasteiger charge is -2.28. The first kappa shape index (κ1) is 11.7. The van der Waals surface area contributed by atoms with Crippen LogP contribution in [0.25, 0.3) is 0 Å². The zero-order chi connectivity index (χ0) is 11.4. The van der Waals surface area contributed by atoms with Crippen molar-refractivity contribution in [1.29, 1.82) is 0 Å². The van der Waals surface area contributed by atoms with Gasteiger partial charge < -0.3 is 0 Å². The van der Waals surface area contributed by atoms with Gasteiger partial charge >= 0.3 is 0 Å². The smallest absolute Gasteiger partial charge is 0.150 e. The molecule has 0 aromatic heterocycles. The molecule has 2 atom stereocenters. The topological polar surface area (TPSA) is 17.1 Å². The van der Waals surface area contributed by atoms with Crippen molar-refractivity contribution in [3.8, 4) is 0 Å². The lowest BCUT2D eigenvalue weighted by molar-refractivity contribution is 0.112. The van der Waals surface area contributed by atoms with Crippen molar-refractivity contribution in [2.45, 2.75) is 25.7 Å². The molecule has 1 heterocycles. The van der Waals surface area contributed by atoms with Crippen LogP contribution in [0.3, 0.4) is 0 Å². The number of rotatable bonds is 3. The van der Waals surface area contributed by atoms with E-state index in [9.17, 15) is 4.79 Å². The van der Waals surface area contributed by atoms with E-state index >= 15 is 0 Å². The summed E-state index contributed by atoms with van der Waals surface area (Å²) in [5.41, 5.74) is 2.09. The molecular weight excluding hydrogens is 216 g/mol. The van der Waals surface area contributed by atoms with Crippen LogP contribution in [-0.2, 0) is 0 Å². The highest BCUT2D eigenvalue weighted by molar-refractivity contribution is 7.99. The van der Waals surface area contributed by atoms with E-state index in [4.69, 9.17) is 0 Å². The summed E-state index contributed by atoms with van der Waals surface area (Å²) in [4.78, 5) is 11.0. The molecule has 1 nitrogen and oxygen atoms in total. The number of hydrogen-bond donors (Lipinski definition) is 0. The SMILES string of the molecule is CC(c1ccccc1C=O)C1CCCSC1. The molecule has 0 bridgehead atoms. The molecule has 1 fully saturated rings. The molecule has 0 aliphatic carbocycles. The summed E-state index contributed by atoms with van der Waals surface area (Å²) in [7, 11) is 0. The van der Waals surface area contributed by atoms with Crippen molar-refractivity contribution in [2.24, 2.45) is 5.92 Å². The predicted octanol–water partition coefficient (Wildman–Crippen LogP) is 3.75. The second-order valence-electron chi connectivity index (χ2n) is 4.51. The lowest BCUT2D eigenvalue weighted by Crippen LogP contribution is -2.18. The lowest BCUT2D eigenvalue weighted by atomic mass is 9.84. The van der Waals surface area contributed by atoms with Crippen molar-refractivity contribution >= 4 is 18.0 Å². The van der Waals surface area contributed by atoms with Gasteiger partial charge in [-0.15, -0.1) is 0 Å². The zero-order valence-corrected chi connectivity index (χ0v) is 10.5. The van der Waals surface area contributed by atoms with Gasteiger partial charge in [0, 0.05) is 5.56 Å². The van der Waals surface area contributed by atoms with Crippen LogP contribution in [0.15, 0.2) is 24.3 Å². The molecule has 0 spiro atoms. The van der Waals surface area contributed by atoms with E-state index < -0.39 is 0 Å². The van der Waals surface area contributed by atoms with Crippen molar-refractivity contribution < 1.29 is 4.79 Å². The first-order chi connectivity index (χ1) is 7.83. The van der Waals surface area contributed by atoms with E-state index in [0.717, 1.165) is 17.8 Å². The van der Waals surface area contributed by atoms with E-state index in [1.165, 1.54) is 29.9 Å². The van der Waals surface area contributed by atoms with Gasteiger partial charge in [-0.25, -0.2) is 0 Å². The van der Waals surface area contributed by atoms with Crippen LogP contribution < -0.4 is 0 Å². The highest BCUT2D eigenvalue weighted by atomic mass is 32.2. The quantitative estimate of drug-likeness (QED) is 0.741. The second kappa shape index (κ2) is 5.53. The molecular formula is C14H18OS. The van der Waals surface area contributed by atoms with Crippen LogP contribution in [0.2, 0.25) is 0 Å². The molecule has 0 N–H and O–H groups in total. The molecule has 1 aliphatic rings. The van der Waals surface area contributed by atoms with Crippen molar-refractivity contribution in [3.05, 3.63) is 35.4 Å². The van der Waals surface area contributed by atoms with Gasteiger partial charge in [0.15, 0.2) is 0 Å². The van der Waals surface area contributed by atoms with Gasteiger partial charge in [0.2, 0.25) is 0 Å². The first-order valence-corrected chi connectivity index (χ1v) is 7.10. The van der Waals surface area contributed by atoms with Crippen molar-refractivity contribution in [3.63, 3.8) is 0 Å². The van der Waals surface area contributed by atoms with E-state index in [2.05, 4.69) is 24.8 Å². The van der Waals surface area contributed by atoms with Crippen LogP contribution in [0, 0.1) is 5.92 Å². The van der Waals surface area contributed by atoms with Crippen LogP contribution in [0.1, 0.15) is 41.6 Å². The largest absolute Gasteiger partial charge is 0.298 e. The molecule has 1 aliphatic heterocycles. The van der Waals surface area contributed by atoms with Crippen LogP contribution in [-0.4, -0.2) is 17.8 Å². The number of hydrogen-bond acceptors (Lipinski definition) is 2. The molecule has 2 heteroatoms. The van der Waals surface area contributed by atoms with Crippen LogP contribution in [0.4, 0.5) is 0 Å². The summed E-state index contributed by atoms with van der Waals surface area (Å²) in [6.45, 7) is 2.26. The van der Waals surface area contributed by atoms with E-state index in [-0.39, 0.29) is 0 Å². The third kappa shape index (κ3) is 2.49. The van der Waals surface area contributed by atoms with Crippen molar-refractivity contribution in [2.75, 3.05) is 11.5 Å². The molecule has 1 aromatic rings. The first-order valence-electron chi connectivity index (χ1n) is 5.94. The standard InChI is InChI=1S/C14H18OS/c1-11(13-6-4-8-16-10-13)14-7-3-2-5-12(14)9-15/h2-3,5,7,9,11,13H,4,6,8,10H2,1H3. The Morgan fingerprint density at radius 1 is 1.44 bits per heavy atom. The summed E-state index contributed by atoms with van der Waals surface area (Å²) >= 11 is 2.05. The van der Waals surface area contributed by atoms with Crippen LogP contribution in [0.5, 0.6) is 0 Å². The summed E-state index contributed by atoms with van der Waals surface area (Å²) < 4.78 is 0. The summed E-state index contributed by atoms with van der Waals surface area (Å²) in [6.07, 6.45) is 3.62. The average Bonchev–Trinajstić information content (AvgIpc) is 2.39. The molecule has 0 saturated carbocycles. The van der Waals surface area contributed by atoms with E-state index in [1.807, 2.05) is 18.2 Å². The second-order valence-corrected chi connectivity index (χ2v) is 5.66. The van der Waals surface area contributed by atoms with Gasteiger partial charge in [-0.3, -0.25) is 4.79 Å². The molecule has 0 amide bonds. The molecule has 0 radical (unpaired) electrons. The van der Waals surface area contributed by atoms with E-state index in [0.29, 0.717) is 5.92 Å². The zero-order valence-electron chi connectivity index (χ0n) is 9.69. The van der Waals surface area contributed by atoms with Gasteiger partial charge in [0.05, 0.1) is 0 Å². The maximum Gasteiger partial charge on any atom is 0.150 e. The Kier molecular flexibility index (Phi) is 4.05. The fourth-order valence-electron chi connectivity index (χ4n) is 2.45. The minimum atomic E-state index is 0.509.